The first-order valence-electron chi connectivity index (χ1n) is 4.55. The van der Waals surface area contributed by atoms with Crippen LogP contribution in [0.3, 0.4) is 0 Å². The third-order valence-electron chi connectivity index (χ3n) is 2.60. The van der Waals surface area contributed by atoms with Crippen LogP contribution in [0, 0.1) is 6.92 Å². The second kappa shape index (κ2) is 4.30. The predicted molar refractivity (Wildman–Crippen MR) is 59.6 cm³/mol. The number of rotatable bonds is 3. The minimum Gasteiger partial charge on any atom is -0.372 e. The Labute approximate surface area is 90.0 Å². The van der Waals surface area contributed by atoms with Crippen molar-refractivity contribution in [1.29, 1.82) is 0 Å². The number of hydrogen-bond acceptors (Lipinski definition) is 2. The molecule has 1 rings (SSSR count). The van der Waals surface area contributed by atoms with Crippen LogP contribution in [0.2, 0.25) is 5.02 Å². The van der Waals surface area contributed by atoms with Crippen LogP contribution in [0.15, 0.2) is 18.2 Å². The molecule has 1 unspecified atom stereocenters. The second-order valence-electron chi connectivity index (χ2n) is 3.60. The number of halogens is 1. The van der Waals surface area contributed by atoms with Gasteiger partial charge in [0.25, 0.3) is 0 Å². The van der Waals surface area contributed by atoms with E-state index in [9.17, 15) is 0 Å². The maximum Gasteiger partial charge on any atom is 0.102 e. The molecule has 0 aliphatic carbocycles. The van der Waals surface area contributed by atoms with Crippen LogP contribution in [-0.4, -0.2) is 13.7 Å². The van der Waals surface area contributed by atoms with Crippen molar-refractivity contribution in [2.75, 3.05) is 13.7 Å². The van der Waals surface area contributed by atoms with E-state index in [1.807, 2.05) is 32.0 Å². The van der Waals surface area contributed by atoms with Crippen molar-refractivity contribution in [3.8, 4) is 0 Å². The van der Waals surface area contributed by atoms with Gasteiger partial charge in [0.05, 0.1) is 0 Å². The van der Waals surface area contributed by atoms with E-state index in [1.54, 1.807) is 7.11 Å². The molecule has 0 aliphatic rings. The minimum atomic E-state index is -0.422. The molecule has 0 bridgehead atoms. The zero-order valence-electron chi connectivity index (χ0n) is 8.80. The molecule has 0 radical (unpaired) electrons. The summed E-state index contributed by atoms with van der Waals surface area (Å²) in [4.78, 5) is 0. The molecule has 0 spiro atoms. The molecule has 0 saturated carbocycles. The van der Waals surface area contributed by atoms with Gasteiger partial charge in [-0.2, -0.15) is 0 Å². The lowest BCUT2D eigenvalue weighted by atomic mass is 9.92. The van der Waals surface area contributed by atoms with Gasteiger partial charge >= 0.3 is 0 Å². The van der Waals surface area contributed by atoms with Crippen LogP contribution >= 0.6 is 11.6 Å². The van der Waals surface area contributed by atoms with Gasteiger partial charge in [0.2, 0.25) is 0 Å². The molecule has 0 fully saturated rings. The van der Waals surface area contributed by atoms with E-state index >= 15 is 0 Å². The van der Waals surface area contributed by atoms with E-state index in [0.29, 0.717) is 6.54 Å². The van der Waals surface area contributed by atoms with Crippen molar-refractivity contribution < 1.29 is 4.74 Å². The molecular formula is C11H16ClNO. The van der Waals surface area contributed by atoms with E-state index in [2.05, 4.69) is 0 Å². The average Bonchev–Trinajstić information content (AvgIpc) is 2.17. The Morgan fingerprint density at radius 2 is 2.14 bits per heavy atom. The molecule has 1 aromatic carbocycles. The molecule has 2 N–H and O–H groups in total. The Kier molecular flexibility index (Phi) is 3.53. The maximum atomic E-state index is 5.88. The monoisotopic (exact) mass is 213 g/mol. The molecule has 0 aromatic heterocycles. The van der Waals surface area contributed by atoms with Gasteiger partial charge in [0.1, 0.15) is 5.60 Å². The molecule has 0 saturated heterocycles. The lowest BCUT2D eigenvalue weighted by Gasteiger charge is -2.28. The van der Waals surface area contributed by atoms with Crippen LogP contribution < -0.4 is 5.73 Å². The first kappa shape index (κ1) is 11.5. The Hall–Kier alpha value is -0.570. The highest BCUT2D eigenvalue weighted by atomic mass is 35.5. The molecular weight excluding hydrogens is 198 g/mol. The van der Waals surface area contributed by atoms with E-state index < -0.39 is 5.60 Å². The fourth-order valence-corrected chi connectivity index (χ4v) is 1.75. The van der Waals surface area contributed by atoms with E-state index in [-0.39, 0.29) is 0 Å². The Balaban J connectivity index is 3.17. The predicted octanol–water partition coefficient (Wildman–Crippen LogP) is 2.47. The van der Waals surface area contributed by atoms with Crippen LogP contribution in [-0.2, 0) is 10.3 Å². The van der Waals surface area contributed by atoms with Crippen molar-refractivity contribution >= 4 is 11.6 Å². The van der Waals surface area contributed by atoms with E-state index in [0.717, 1.165) is 16.1 Å². The number of benzene rings is 1. The van der Waals surface area contributed by atoms with Crippen molar-refractivity contribution in [1.82, 2.24) is 0 Å². The van der Waals surface area contributed by atoms with Crippen molar-refractivity contribution in [2.45, 2.75) is 19.4 Å². The average molecular weight is 214 g/mol. The number of methoxy groups -OCH3 is 1. The van der Waals surface area contributed by atoms with E-state index in [1.165, 1.54) is 0 Å². The molecule has 2 nitrogen and oxygen atoms in total. The Morgan fingerprint density at radius 3 is 2.57 bits per heavy atom. The van der Waals surface area contributed by atoms with Gasteiger partial charge in [-0.05, 0) is 37.1 Å². The Bertz CT molecular complexity index is 321. The molecule has 3 heteroatoms. The highest BCUT2D eigenvalue weighted by molar-refractivity contribution is 6.30. The lowest BCUT2D eigenvalue weighted by molar-refractivity contribution is 0.00957. The minimum absolute atomic E-state index is 0.422. The molecule has 0 heterocycles. The summed E-state index contributed by atoms with van der Waals surface area (Å²) in [5.41, 5.74) is 7.47. The van der Waals surface area contributed by atoms with Crippen molar-refractivity contribution in [3.63, 3.8) is 0 Å². The molecule has 1 atom stereocenters. The number of hydrogen-bond donors (Lipinski definition) is 1. The summed E-state index contributed by atoms with van der Waals surface area (Å²) in [5, 5.41) is 0.738. The normalized spacial score (nSPS) is 15.2. The molecule has 78 valence electrons. The standard InChI is InChI=1S/C11H16ClNO/c1-8-6-9(12)4-5-10(8)11(2,7-13)14-3/h4-6H,7,13H2,1-3H3. The highest BCUT2D eigenvalue weighted by Crippen LogP contribution is 2.28. The van der Waals surface area contributed by atoms with Crippen LogP contribution in [0.25, 0.3) is 0 Å². The van der Waals surface area contributed by atoms with Crippen LogP contribution in [0.5, 0.6) is 0 Å². The van der Waals surface area contributed by atoms with Crippen LogP contribution in [0.4, 0.5) is 0 Å². The zero-order chi connectivity index (χ0) is 10.8. The molecule has 14 heavy (non-hydrogen) atoms. The first-order valence-corrected chi connectivity index (χ1v) is 4.93. The highest BCUT2D eigenvalue weighted by Gasteiger charge is 2.25. The first-order chi connectivity index (χ1) is 6.53. The Morgan fingerprint density at radius 1 is 1.50 bits per heavy atom. The van der Waals surface area contributed by atoms with Crippen molar-refractivity contribution in [3.05, 3.63) is 34.3 Å². The smallest absolute Gasteiger partial charge is 0.102 e. The van der Waals surface area contributed by atoms with Gasteiger partial charge in [0.15, 0.2) is 0 Å². The van der Waals surface area contributed by atoms with Gasteiger partial charge < -0.3 is 10.5 Å². The third-order valence-corrected chi connectivity index (χ3v) is 2.83. The molecule has 0 aliphatic heterocycles. The lowest BCUT2D eigenvalue weighted by Crippen LogP contribution is -2.34. The summed E-state index contributed by atoms with van der Waals surface area (Å²) in [6.07, 6.45) is 0. The number of ether oxygens (including phenoxy) is 1. The summed E-state index contributed by atoms with van der Waals surface area (Å²) in [7, 11) is 1.67. The van der Waals surface area contributed by atoms with Gasteiger partial charge in [-0.25, -0.2) is 0 Å². The van der Waals surface area contributed by atoms with Gasteiger partial charge in [-0.1, -0.05) is 17.7 Å². The SMILES string of the molecule is COC(C)(CN)c1ccc(Cl)cc1C. The summed E-state index contributed by atoms with van der Waals surface area (Å²) < 4.78 is 5.43. The van der Waals surface area contributed by atoms with Crippen molar-refractivity contribution in [2.24, 2.45) is 5.73 Å². The quantitative estimate of drug-likeness (QED) is 0.837. The summed E-state index contributed by atoms with van der Waals surface area (Å²) >= 11 is 5.88. The molecule has 0 amide bonds. The maximum absolute atomic E-state index is 5.88. The van der Waals surface area contributed by atoms with E-state index in [4.69, 9.17) is 22.1 Å². The van der Waals surface area contributed by atoms with Crippen LogP contribution in [0.1, 0.15) is 18.1 Å². The summed E-state index contributed by atoms with van der Waals surface area (Å²) in [6.45, 7) is 4.43. The second-order valence-corrected chi connectivity index (χ2v) is 4.03. The molecule has 1 aromatic rings. The van der Waals surface area contributed by atoms with Gasteiger partial charge in [-0.3, -0.25) is 0 Å². The number of aryl methyl sites for hydroxylation is 1. The third kappa shape index (κ3) is 2.08. The fraction of sp³-hybridized carbons (Fsp3) is 0.455. The summed E-state index contributed by atoms with van der Waals surface area (Å²) in [6, 6.07) is 5.74. The zero-order valence-corrected chi connectivity index (χ0v) is 9.56. The summed E-state index contributed by atoms with van der Waals surface area (Å²) in [5.74, 6) is 0. The topological polar surface area (TPSA) is 35.2 Å². The largest absolute Gasteiger partial charge is 0.372 e. The number of nitrogens with two attached hydrogens (primary N) is 1. The fourth-order valence-electron chi connectivity index (χ4n) is 1.52. The van der Waals surface area contributed by atoms with Gasteiger partial charge in [-0.15, -0.1) is 0 Å². The van der Waals surface area contributed by atoms with Gasteiger partial charge in [0, 0.05) is 18.7 Å².